The van der Waals surface area contributed by atoms with E-state index in [1.165, 1.54) is 25.7 Å². The average molecular weight is 313 g/mol. The lowest BCUT2D eigenvalue weighted by molar-refractivity contribution is -0.122. The summed E-state index contributed by atoms with van der Waals surface area (Å²) < 4.78 is 7.46. The molecule has 0 saturated heterocycles. The Labute approximate surface area is 136 Å². The maximum absolute atomic E-state index is 11.9. The van der Waals surface area contributed by atoms with Crippen molar-refractivity contribution in [3.05, 3.63) is 42.1 Å². The first-order chi connectivity index (χ1) is 11.2. The van der Waals surface area contributed by atoms with E-state index < -0.39 is 0 Å². The summed E-state index contributed by atoms with van der Waals surface area (Å²) in [7, 11) is 0. The zero-order valence-electron chi connectivity index (χ0n) is 13.5. The highest BCUT2D eigenvalue weighted by Crippen LogP contribution is 2.27. The van der Waals surface area contributed by atoms with Gasteiger partial charge in [-0.2, -0.15) is 5.10 Å². The summed E-state index contributed by atoms with van der Waals surface area (Å²) in [5, 5.41) is 7.28. The van der Waals surface area contributed by atoms with Gasteiger partial charge in [-0.3, -0.25) is 4.79 Å². The Morgan fingerprint density at radius 3 is 2.78 bits per heavy atom. The molecule has 1 aliphatic carbocycles. The van der Waals surface area contributed by atoms with Gasteiger partial charge in [0, 0.05) is 12.5 Å². The quantitative estimate of drug-likeness (QED) is 0.833. The zero-order valence-corrected chi connectivity index (χ0v) is 13.5. The highest BCUT2D eigenvalue weighted by molar-refractivity contribution is 5.76. The van der Waals surface area contributed by atoms with Gasteiger partial charge in [0.25, 0.3) is 0 Å². The van der Waals surface area contributed by atoms with Gasteiger partial charge in [0.15, 0.2) is 6.73 Å². The molecule has 1 amide bonds. The van der Waals surface area contributed by atoms with E-state index in [9.17, 15) is 4.79 Å². The molecule has 5 heteroatoms. The highest BCUT2D eigenvalue weighted by Gasteiger charge is 2.18. The number of benzene rings is 1. The number of aryl methyl sites for hydroxylation is 1. The number of hydrogen-bond donors (Lipinski definition) is 1. The molecule has 0 aliphatic heterocycles. The van der Waals surface area contributed by atoms with E-state index in [0.29, 0.717) is 18.2 Å². The summed E-state index contributed by atoms with van der Waals surface area (Å²) >= 11 is 0. The molecule has 0 spiro atoms. The van der Waals surface area contributed by atoms with Crippen molar-refractivity contribution in [2.75, 3.05) is 6.73 Å². The van der Waals surface area contributed by atoms with Crippen molar-refractivity contribution in [1.29, 1.82) is 0 Å². The smallest absolute Gasteiger partial charge is 0.222 e. The van der Waals surface area contributed by atoms with Crippen molar-refractivity contribution < 1.29 is 9.53 Å². The zero-order chi connectivity index (χ0) is 16.1. The lowest BCUT2D eigenvalue weighted by atomic mass is 10.0. The monoisotopic (exact) mass is 313 g/mol. The Morgan fingerprint density at radius 2 is 2.04 bits per heavy atom. The molecule has 0 bridgehead atoms. The van der Waals surface area contributed by atoms with Gasteiger partial charge in [0.1, 0.15) is 0 Å². The second-order valence-corrected chi connectivity index (χ2v) is 6.11. The van der Waals surface area contributed by atoms with Crippen molar-refractivity contribution in [2.24, 2.45) is 5.92 Å². The molecule has 5 nitrogen and oxygen atoms in total. The SMILES string of the molecule is Cc1cc(OCNC(=O)CC2CCCC2)n(-c2ccccc2)n1. The fraction of sp³-hybridized carbons (Fsp3) is 0.444. The van der Waals surface area contributed by atoms with Crippen LogP contribution >= 0.6 is 0 Å². The molecule has 1 saturated carbocycles. The molecule has 1 aliphatic rings. The fourth-order valence-corrected chi connectivity index (χ4v) is 3.07. The number of carbonyl (C=O) groups is 1. The van der Waals surface area contributed by atoms with Crippen LogP contribution in [0.5, 0.6) is 5.88 Å². The number of aromatic nitrogens is 2. The van der Waals surface area contributed by atoms with Crippen LogP contribution in [0.15, 0.2) is 36.4 Å². The third-order valence-electron chi connectivity index (χ3n) is 4.24. The van der Waals surface area contributed by atoms with Crippen LogP contribution in [0.1, 0.15) is 37.8 Å². The molecule has 1 fully saturated rings. The third-order valence-corrected chi connectivity index (χ3v) is 4.24. The molecular weight excluding hydrogens is 290 g/mol. The lowest BCUT2D eigenvalue weighted by Gasteiger charge is -2.12. The van der Waals surface area contributed by atoms with Crippen LogP contribution < -0.4 is 10.1 Å². The van der Waals surface area contributed by atoms with Crippen LogP contribution in [0, 0.1) is 12.8 Å². The molecule has 0 unspecified atom stereocenters. The normalized spacial score (nSPS) is 14.8. The molecule has 1 heterocycles. The first-order valence-electron chi connectivity index (χ1n) is 8.24. The van der Waals surface area contributed by atoms with Gasteiger partial charge in [-0.15, -0.1) is 0 Å². The molecule has 1 N–H and O–H groups in total. The number of hydrogen-bond acceptors (Lipinski definition) is 3. The number of nitrogens with zero attached hydrogens (tertiary/aromatic N) is 2. The third kappa shape index (κ3) is 4.12. The number of nitrogens with one attached hydrogen (secondary N) is 1. The Balaban J connectivity index is 1.55. The summed E-state index contributed by atoms with van der Waals surface area (Å²) in [6, 6.07) is 11.7. The Kier molecular flexibility index (Phi) is 4.95. The minimum absolute atomic E-state index is 0.0689. The fourth-order valence-electron chi connectivity index (χ4n) is 3.07. The molecule has 0 radical (unpaired) electrons. The van der Waals surface area contributed by atoms with E-state index in [1.807, 2.05) is 43.3 Å². The standard InChI is InChI=1S/C18H23N3O2/c1-14-11-18(21(20-14)16-9-3-2-4-10-16)23-13-19-17(22)12-15-7-5-6-8-15/h2-4,9-11,15H,5-8,12-13H2,1H3,(H,19,22). The number of carbonyl (C=O) groups excluding carboxylic acids is 1. The van der Waals surface area contributed by atoms with Crippen molar-refractivity contribution in [1.82, 2.24) is 15.1 Å². The second-order valence-electron chi connectivity index (χ2n) is 6.11. The van der Waals surface area contributed by atoms with Crippen LogP contribution in [-0.4, -0.2) is 22.4 Å². The summed E-state index contributed by atoms with van der Waals surface area (Å²) in [4.78, 5) is 11.9. The van der Waals surface area contributed by atoms with E-state index in [-0.39, 0.29) is 12.6 Å². The molecule has 23 heavy (non-hydrogen) atoms. The van der Waals surface area contributed by atoms with Crippen LogP contribution in [0.4, 0.5) is 0 Å². The molecule has 1 aromatic heterocycles. The van der Waals surface area contributed by atoms with Gasteiger partial charge in [0.05, 0.1) is 11.4 Å². The van der Waals surface area contributed by atoms with E-state index >= 15 is 0 Å². The van der Waals surface area contributed by atoms with Crippen molar-refractivity contribution in [3.63, 3.8) is 0 Å². The molecule has 1 aromatic carbocycles. The predicted molar refractivity (Wildman–Crippen MR) is 88.5 cm³/mol. The van der Waals surface area contributed by atoms with Crippen molar-refractivity contribution in [2.45, 2.75) is 39.0 Å². The minimum atomic E-state index is 0.0689. The molecule has 2 aromatic rings. The topological polar surface area (TPSA) is 56.1 Å². The van der Waals surface area contributed by atoms with Gasteiger partial charge < -0.3 is 10.1 Å². The van der Waals surface area contributed by atoms with Crippen LogP contribution in [-0.2, 0) is 4.79 Å². The molecule has 3 rings (SSSR count). The lowest BCUT2D eigenvalue weighted by Crippen LogP contribution is -2.29. The number of amides is 1. The van der Waals surface area contributed by atoms with Crippen molar-refractivity contribution >= 4 is 5.91 Å². The van der Waals surface area contributed by atoms with Gasteiger partial charge >= 0.3 is 0 Å². The van der Waals surface area contributed by atoms with Crippen LogP contribution in [0.25, 0.3) is 5.69 Å². The summed E-state index contributed by atoms with van der Waals surface area (Å²) in [6.07, 6.45) is 5.47. The first kappa shape index (κ1) is 15.6. The first-order valence-corrected chi connectivity index (χ1v) is 8.24. The van der Waals surface area contributed by atoms with Crippen LogP contribution in [0.3, 0.4) is 0 Å². The summed E-state index contributed by atoms with van der Waals surface area (Å²) in [5.41, 5.74) is 1.81. The molecular formula is C18H23N3O2. The van der Waals surface area contributed by atoms with E-state index in [2.05, 4.69) is 10.4 Å². The molecule has 0 atom stereocenters. The van der Waals surface area contributed by atoms with E-state index in [0.717, 1.165) is 11.4 Å². The number of para-hydroxylation sites is 1. The second kappa shape index (κ2) is 7.31. The van der Waals surface area contributed by atoms with Gasteiger partial charge in [-0.1, -0.05) is 31.0 Å². The van der Waals surface area contributed by atoms with Crippen LogP contribution in [0.2, 0.25) is 0 Å². The van der Waals surface area contributed by atoms with Gasteiger partial charge in [-0.25, -0.2) is 4.68 Å². The van der Waals surface area contributed by atoms with Gasteiger partial charge in [0.2, 0.25) is 11.8 Å². The van der Waals surface area contributed by atoms with E-state index in [1.54, 1.807) is 4.68 Å². The Bertz CT molecular complexity index is 646. The summed E-state index contributed by atoms with van der Waals surface area (Å²) in [5.74, 6) is 1.25. The summed E-state index contributed by atoms with van der Waals surface area (Å²) in [6.45, 7) is 2.09. The van der Waals surface area contributed by atoms with E-state index in [4.69, 9.17) is 4.74 Å². The highest BCUT2D eigenvalue weighted by atomic mass is 16.5. The largest absolute Gasteiger partial charge is 0.456 e. The number of rotatable bonds is 6. The van der Waals surface area contributed by atoms with Gasteiger partial charge in [-0.05, 0) is 37.8 Å². The Morgan fingerprint density at radius 1 is 1.30 bits per heavy atom. The molecule has 122 valence electrons. The Hall–Kier alpha value is -2.30. The minimum Gasteiger partial charge on any atom is -0.456 e. The average Bonchev–Trinajstić information content (AvgIpc) is 3.18. The maximum Gasteiger partial charge on any atom is 0.222 e. The predicted octanol–water partition coefficient (Wildman–Crippen LogP) is 3.21. The van der Waals surface area contributed by atoms with Crippen molar-refractivity contribution in [3.8, 4) is 11.6 Å². The maximum atomic E-state index is 11.9. The number of ether oxygens (including phenoxy) is 1.